The van der Waals surface area contributed by atoms with E-state index in [1.54, 1.807) is 19.2 Å². The standard InChI is InChI=1S/C11H13Cl2NO2.C3H7NO/c12-8-2-1-7(5-9(8)13)11-10(15)6-14-3-4-16-11;1-3(5)4-2/h1-2,5,10-11,14-15H,3-4,6H2;1-2H3,(H,4,5). The van der Waals surface area contributed by atoms with E-state index >= 15 is 0 Å². The van der Waals surface area contributed by atoms with Crippen LogP contribution in [0.25, 0.3) is 0 Å². The van der Waals surface area contributed by atoms with E-state index in [1.165, 1.54) is 6.92 Å². The first kappa shape index (κ1) is 18.2. The number of aliphatic hydroxyl groups is 1. The quantitative estimate of drug-likeness (QED) is 0.732. The second-order valence-corrected chi connectivity index (χ2v) is 5.36. The Hall–Kier alpha value is -0.850. The van der Waals surface area contributed by atoms with E-state index in [1.807, 2.05) is 6.07 Å². The number of halogens is 2. The zero-order valence-electron chi connectivity index (χ0n) is 12.0. The molecule has 0 spiro atoms. The Balaban J connectivity index is 0.000000383. The van der Waals surface area contributed by atoms with Crippen LogP contribution >= 0.6 is 23.2 Å². The molecule has 2 atom stereocenters. The summed E-state index contributed by atoms with van der Waals surface area (Å²) in [5, 5.41) is 16.4. The molecule has 1 heterocycles. The number of amides is 1. The zero-order chi connectivity index (χ0) is 15.8. The van der Waals surface area contributed by atoms with Gasteiger partial charge < -0.3 is 20.5 Å². The van der Waals surface area contributed by atoms with Gasteiger partial charge in [-0.1, -0.05) is 29.3 Å². The lowest BCUT2D eigenvalue weighted by molar-refractivity contribution is -0.118. The molecule has 1 aromatic carbocycles. The van der Waals surface area contributed by atoms with Crippen LogP contribution in [0.5, 0.6) is 0 Å². The van der Waals surface area contributed by atoms with Crippen LogP contribution in [0.2, 0.25) is 10.0 Å². The molecule has 21 heavy (non-hydrogen) atoms. The number of nitrogens with one attached hydrogen (secondary N) is 2. The van der Waals surface area contributed by atoms with Crippen molar-refractivity contribution in [1.29, 1.82) is 0 Å². The number of β-amino-alcohol motifs (C(OH)–C–C–N with tert-alkyl or cyclic N) is 1. The van der Waals surface area contributed by atoms with Gasteiger partial charge in [-0.05, 0) is 17.7 Å². The number of rotatable bonds is 1. The van der Waals surface area contributed by atoms with Crippen LogP contribution in [0.4, 0.5) is 0 Å². The highest BCUT2D eigenvalue weighted by molar-refractivity contribution is 6.42. The van der Waals surface area contributed by atoms with Gasteiger partial charge in [-0.15, -0.1) is 0 Å². The van der Waals surface area contributed by atoms with Crippen molar-refractivity contribution < 1.29 is 14.6 Å². The summed E-state index contributed by atoms with van der Waals surface area (Å²) in [5.74, 6) is 0.00463. The molecule has 1 fully saturated rings. The molecule has 1 aromatic rings. The van der Waals surface area contributed by atoms with Gasteiger partial charge in [0.15, 0.2) is 0 Å². The minimum atomic E-state index is -0.570. The Morgan fingerprint density at radius 1 is 1.43 bits per heavy atom. The van der Waals surface area contributed by atoms with Crippen molar-refractivity contribution in [2.45, 2.75) is 19.1 Å². The highest BCUT2D eigenvalue weighted by Crippen LogP contribution is 2.29. The Bertz CT molecular complexity index is 472. The molecule has 0 radical (unpaired) electrons. The molecule has 0 aliphatic carbocycles. The molecular formula is C14H20Cl2N2O3. The molecule has 0 saturated carbocycles. The smallest absolute Gasteiger partial charge is 0.216 e. The third kappa shape index (κ3) is 6.20. The van der Waals surface area contributed by atoms with Gasteiger partial charge in [0.25, 0.3) is 0 Å². The summed E-state index contributed by atoms with van der Waals surface area (Å²) in [5.41, 5.74) is 0.852. The van der Waals surface area contributed by atoms with Crippen LogP contribution < -0.4 is 10.6 Å². The van der Waals surface area contributed by atoms with Gasteiger partial charge >= 0.3 is 0 Å². The third-order valence-electron chi connectivity index (χ3n) is 2.90. The first-order chi connectivity index (χ1) is 9.95. The molecule has 2 unspecified atom stereocenters. The average Bonchev–Trinajstić information content (AvgIpc) is 2.67. The molecule has 1 saturated heterocycles. The minimum absolute atomic E-state index is 0.00463. The number of carbonyl (C=O) groups excluding carboxylic acids is 1. The highest BCUT2D eigenvalue weighted by Gasteiger charge is 2.24. The van der Waals surface area contributed by atoms with E-state index in [9.17, 15) is 9.90 Å². The van der Waals surface area contributed by atoms with Gasteiger partial charge in [0.2, 0.25) is 5.91 Å². The molecule has 2 rings (SSSR count). The van der Waals surface area contributed by atoms with E-state index < -0.39 is 6.10 Å². The maximum Gasteiger partial charge on any atom is 0.216 e. The van der Waals surface area contributed by atoms with Crippen LogP contribution in [-0.2, 0) is 9.53 Å². The Morgan fingerprint density at radius 2 is 2.10 bits per heavy atom. The lowest BCUT2D eigenvalue weighted by Crippen LogP contribution is -2.28. The average molecular weight is 335 g/mol. The second-order valence-electron chi connectivity index (χ2n) is 4.54. The van der Waals surface area contributed by atoms with Gasteiger partial charge in [-0.3, -0.25) is 4.79 Å². The Labute approximate surface area is 134 Å². The van der Waals surface area contributed by atoms with Crippen LogP contribution in [0.1, 0.15) is 18.6 Å². The number of hydrogen-bond donors (Lipinski definition) is 3. The van der Waals surface area contributed by atoms with Crippen molar-refractivity contribution in [3.05, 3.63) is 33.8 Å². The van der Waals surface area contributed by atoms with Crippen molar-refractivity contribution in [2.24, 2.45) is 0 Å². The van der Waals surface area contributed by atoms with Crippen LogP contribution in [-0.4, -0.2) is 43.9 Å². The predicted octanol–water partition coefficient (Wildman–Crippen LogP) is 1.77. The summed E-state index contributed by atoms with van der Waals surface area (Å²) >= 11 is 11.8. The topological polar surface area (TPSA) is 70.6 Å². The number of benzene rings is 1. The molecule has 0 bridgehead atoms. The SMILES string of the molecule is CNC(C)=O.OC1CNCCOC1c1ccc(Cl)c(Cl)c1. The van der Waals surface area contributed by atoms with E-state index in [0.29, 0.717) is 23.2 Å². The number of ether oxygens (including phenoxy) is 1. The van der Waals surface area contributed by atoms with E-state index in [-0.39, 0.29) is 12.0 Å². The molecule has 118 valence electrons. The van der Waals surface area contributed by atoms with Crippen LogP contribution in [0.3, 0.4) is 0 Å². The Kier molecular flexibility index (Phi) is 8.00. The summed E-state index contributed by atoms with van der Waals surface area (Å²) in [7, 11) is 1.60. The van der Waals surface area contributed by atoms with Crippen molar-refractivity contribution in [3.8, 4) is 0 Å². The highest BCUT2D eigenvalue weighted by atomic mass is 35.5. The molecule has 7 heteroatoms. The summed E-state index contributed by atoms with van der Waals surface area (Å²) in [6.45, 7) is 3.31. The summed E-state index contributed by atoms with van der Waals surface area (Å²) in [6, 6.07) is 5.28. The predicted molar refractivity (Wildman–Crippen MR) is 83.8 cm³/mol. The molecule has 1 aliphatic rings. The molecule has 0 aromatic heterocycles. The lowest BCUT2D eigenvalue weighted by Gasteiger charge is -2.20. The number of aliphatic hydroxyl groups excluding tert-OH is 1. The molecular weight excluding hydrogens is 315 g/mol. The fourth-order valence-electron chi connectivity index (χ4n) is 1.73. The number of hydrogen-bond acceptors (Lipinski definition) is 4. The van der Waals surface area contributed by atoms with Gasteiger partial charge in [0.1, 0.15) is 6.10 Å². The fraction of sp³-hybridized carbons (Fsp3) is 0.500. The van der Waals surface area contributed by atoms with E-state index in [2.05, 4.69) is 10.6 Å². The van der Waals surface area contributed by atoms with Gasteiger partial charge in [-0.25, -0.2) is 0 Å². The van der Waals surface area contributed by atoms with E-state index in [0.717, 1.165) is 12.1 Å². The lowest BCUT2D eigenvalue weighted by atomic mass is 10.0. The molecule has 3 N–H and O–H groups in total. The maximum atomic E-state index is 9.90. The minimum Gasteiger partial charge on any atom is -0.389 e. The monoisotopic (exact) mass is 334 g/mol. The van der Waals surface area contributed by atoms with Crippen molar-refractivity contribution >= 4 is 29.1 Å². The van der Waals surface area contributed by atoms with Crippen LogP contribution in [0, 0.1) is 0 Å². The van der Waals surface area contributed by atoms with Crippen molar-refractivity contribution in [1.82, 2.24) is 10.6 Å². The summed E-state index contributed by atoms with van der Waals surface area (Å²) in [4.78, 5) is 9.70. The fourth-order valence-corrected chi connectivity index (χ4v) is 2.04. The molecule has 1 aliphatic heterocycles. The first-order valence-electron chi connectivity index (χ1n) is 6.59. The van der Waals surface area contributed by atoms with Gasteiger partial charge in [0, 0.05) is 27.1 Å². The van der Waals surface area contributed by atoms with Gasteiger partial charge in [0.05, 0.1) is 22.8 Å². The summed E-state index contributed by atoms with van der Waals surface area (Å²) in [6.07, 6.45) is -0.912. The molecule has 5 nitrogen and oxygen atoms in total. The zero-order valence-corrected chi connectivity index (χ0v) is 13.5. The van der Waals surface area contributed by atoms with Crippen molar-refractivity contribution in [2.75, 3.05) is 26.7 Å². The summed E-state index contributed by atoms with van der Waals surface area (Å²) < 4.78 is 5.58. The van der Waals surface area contributed by atoms with Gasteiger partial charge in [-0.2, -0.15) is 0 Å². The normalized spacial score (nSPS) is 21.8. The molecule has 1 amide bonds. The third-order valence-corrected chi connectivity index (χ3v) is 3.64. The maximum absolute atomic E-state index is 9.90. The van der Waals surface area contributed by atoms with E-state index in [4.69, 9.17) is 27.9 Å². The van der Waals surface area contributed by atoms with Crippen LogP contribution in [0.15, 0.2) is 18.2 Å². The Morgan fingerprint density at radius 3 is 2.67 bits per heavy atom. The van der Waals surface area contributed by atoms with Crippen molar-refractivity contribution in [3.63, 3.8) is 0 Å². The first-order valence-corrected chi connectivity index (χ1v) is 7.35. The largest absolute Gasteiger partial charge is 0.389 e. The number of carbonyl (C=O) groups is 1. The second kappa shape index (κ2) is 9.23.